The van der Waals surface area contributed by atoms with E-state index in [1.807, 2.05) is 0 Å². The highest BCUT2D eigenvalue weighted by Crippen LogP contribution is 2.24. The molecule has 1 aromatic carbocycles. The molecule has 0 saturated carbocycles. The molecular formula is C15H13ClO3S. The van der Waals surface area contributed by atoms with Crippen LogP contribution in [0.4, 0.5) is 0 Å². The molecule has 0 saturated heterocycles. The molecule has 0 aliphatic rings. The first-order valence-corrected chi connectivity index (χ1v) is 7.24. The Morgan fingerprint density at radius 1 is 1.25 bits per heavy atom. The minimum atomic E-state index is -0.632. The maximum absolute atomic E-state index is 12.1. The van der Waals surface area contributed by atoms with E-state index in [0.29, 0.717) is 20.5 Å². The van der Waals surface area contributed by atoms with Crippen molar-refractivity contribution in [2.24, 2.45) is 0 Å². The van der Waals surface area contributed by atoms with E-state index >= 15 is 0 Å². The molecule has 2 aromatic rings. The molecule has 3 nitrogen and oxygen atoms in total. The number of Topliss-reactive ketones (excluding diaryl/α,β-unsaturated/α-hetero) is 2. The van der Waals surface area contributed by atoms with Crippen LogP contribution in [-0.4, -0.2) is 17.7 Å². The van der Waals surface area contributed by atoms with Gasteiger partial charge in [-0.25, -0.2) is 0 Å². The molecule has 1 unspecified atom stereocenters. The zero-order valence-electron chi connectivity index (χ0n) is 11.1. The number of benzene rings is 1. The van der Waals surface area contributed by atoms with Crippen LogP contribution < -0.4 is 4.74 Å². The summed E-state index contributed by atoms with van der Waals surface area (Å²) in [5.74, 6) is 0.329. The van der Waals surface area contributed by atoms with E-state index in [2.05, 4.69) is 0 Å². The van der Waals surface area contributed by atoms with Gasteiger partial charge in [0.15, 0.2) is 11.9 Å². The summed E-state index contributed by atoms with van der Waals surface area (Å²) in [5.41, 5.74) is 0.557. The highest BCUT2D eigenvalue weighted by molar-refractivity contribution is 7.18. The Hall–Kier alpha value is -1.65. The first kappa shape index (κ1) is 14.8. The van der Waals surface area contributed by atoms with Crippen molar-refractivity contribution >= 4 is 34.5 Å². The van der Waals surface area contributed by atoms with Gasteiger partial charge in [-0.2, -0.15) is 0 Å². The van der Waals surface area contributed by atoms with Crippen molar-refractivity contribution < 1.29 is 14.3 Å². The van der Waals surface area contributed by atoms with Crippen molar-refractivity contribution in [3.05, 3.63) is 51.2 Å². The largest absolute Gasteiger partial charge is 0.483 e. The Kier molecular flexibility index (Phi) is 4.57. The molecule has 2 rings (SSSR count). The van der Waals surface area contributed by atoms with Crippen LogP contribution >= 0.6 is 22.9 Å². The van der Waals surface area contributed by atoms with E-state index in [4.69, 9.17) is 16.3 Å². The second-order valence-electron chi connectivity index (χ2n) is 4.31. The van der Waals surface area contributed by atoms with Crippen molar-refractivity contribution in [3.63, 3.8) is 0 Å². The standard InChI is InChI=1S/C15H13ClO3S/c1-9(17)11-4-3-5-12(8-11)19-10(2)15(18)13-6-7-14(16)20-13/h3-8,10H,1-2H3. The van der Waals surface area contributed by atoms with E-state index in [9.17, 15) is 9.59 Å². The monoisotopic (exact) mass is 308 g/mol. The summed E-state index contributed by atoms with van der Waals surface area (Å²) in [5, 5.41) is 0. The first-order chi connectivity index (χ1) is 9.47. The highest BCUT2D eigenvalue weighted by atomic mass is 35.5. The Labute approximate surface area is 126 Å². The Balaban J connectivity index is 2.11. The predicted molar refractivity (Wildman–Crippen MR) is 80.2 cm³/mol. The SMILES string of the molecule is CC(=O)c1cccc(OC(C)C(=O)c2ccc(Cl)s2)c1. The number of ether oxygens (including phenoxy) is 1. The molecule has 0 N–H and O–H groups in total. The first-order valence-electron chi connectivity index (χ1n) is 6.04. The number of halogens is 1. The summed E-state index contributed by atoms with van der Waals surface area (Å²) in [6, 6.07) is 10.2. The number of carbonyl (C=O) groups is 2. The summed E-state index contributed by atoms with van der Waals surface area (Å²) in [4.78, 5) is 24.0. The van der Waals surface area contributed by atoms with Crippen LogP contribution in [0.2, 0.25) is 4.34 Å². The van der Waals surface area contributed by atoms with Crippen LogP contribution in [0.25, 0.3) is 0 Å². The predicted octanol–water partition coefficient (Wildman–Crippen LogP) is 4.25. The van der Waals surface area contributed by atoms with Gasteiger partial charge in [0.2, 0.25) is 5.78 Å². The fraction of sp³-hybridized carbons (Fsp3) is 0.200. The fourth-order valence-electron chi connectivity index (χ4n) is 1.69. The Bertz CT molecular complexity index is 648. The van der Waals surface area contributed by atoms with Gasteiger partial charge >= 0.3 is 0 Å². The zero-order valence-corrected chi connectivity index (χ0v) is 12.6. The maximum atomic E-state index is 12.1. The van der Waals surface area contributed by atoms with Crippen molar-refractivity contribution in [3.8, 4) is 5.75 Å². The van der Waals surface area contributed by atoms with Gasteiger partial charge < -0.3 is 4.74 Å². The summed E-state index contributed by atoms with van der Waals surface area (Å²) < 4.78 is 6.16. The smallest absolute Gasteiger partial charge is 0.212 e. The number of ketones is 2. The lowest BCUT2D eigenvalue weighted by Crippen LogP contribution is -2.23. The molecule has 20 heavy (non-hydrogen) atoms. The van der Waals surface area contributed by atoms with Gasteiger partial charge in [0.25, 0.3) is 0 Å². The average Bonchev–Trinajstić information content (AvgIpc) is 2.84. The topological polar surface area (TPSA) is 43.4 Å². The zero-order chi connectivity index (χ0) is 14.7. The quantitative estimate of drug-likeness (QED) is 0.775. The van der Waals surface area contributed by atoms with Gasteiger partial charge in [0, 0.05) is 5.56 Å². The molecule has 0 bridgehead atoms. The molecule has 1 atom stereocenters. The van der Waals surface area contributed by atoms with Crippen molar-refractivity contribution in [2.75, 3.05) is 0 Å². The van der Waals surface area contributed by atoms with E-state index in [1.54, 1.807) is 43.3 Å². The Morgan fingerprint density at radius 2 is 2.00 bits per heavy atom. The highest BCUT2D eigenvalue weighted by Gasteiger charge is 2.19. The minimum Gasteiger partial charge on any atom is -0.483 e. The third-order valence-corrected chi connectivity index (χ3v) is 3.98. The summed E-state index contributed by atoms with van der Waals surface area (Å²) in [7, 11) is 0. The number of thiophene rings is 1. The molecule has 0 amide bonds. The molecule has 1 aromatic heterocycles. The molecule has 0 radical (unpaired) electrons. The third kappa shape index (κ3) is 3.46. The molecule has 0 aliphatic carbocycles. The second-order valence-corrected chi connectivity index (χ2v) is 6.03. The van der Waals surface area contributed by atoms with Gasteiger partial charge in [0.05, 0.1) is 9.21 Å². The summed E-state index contributed by atoms with van der Waals surface area (Å²) in [6.45, 7) is 3.16. The number of hydrogen-bond acceptors (Lipinski definition) is 4. The molecule has 1 heterocycles. The van der Waals surface area contributed by atoms with Gasteiger partial charge in [-0.05, 0) is 38.1 Å². The van der Waals surface area contributed by atoms with Gasteiger partial charge in [-0.15, -0.1) is 11.3 Å². The van der Waals surface area contributed by atoms with Crippen LogP contribution in [0, 0.1) is 0 Å². The van der Waals surface area contributed by atoms with Crippen LogP contribution in [0.15, 0.2) is 36.4 Å². The van der Waals surface area contributed by atoms with Gasteiger partial charge in [-0.3, -0.25) is 9.59 Å². The maximum Gasteiger partial charge on any atom is 0.212 e. The lowest BCUT2D eigenvalue weighted by molar-refractivity contribution is 0.0822. The van der Waals surface area contributed by atoms with Crippen LogP contribution in [0.5, 0.6) is 5.75 Å². The van der Waals surface area contributed by atoms with Crippen LogP contribution in [0.1, 0.15) is 33.9 Å². The van der Waals surface area contributed by atoms with Crippen LogP contribution in [-0.2, 0) is 0 Å². The molecular weight excluding hydrogens is 296 g/mol. The summed E-state index contributed by atoms with van der Waals surface area (Å²) in [6.07, 6.45) is -0.632. The average molecular weight is 309 g/mol. The van der Waals surface area contributed by atoms with Crippen molar-refractivity contribution in [1.29, 1.82) is 0 Å². The number of rotatable bonds is 5. The van der Waals surface area contributed by atoms with Crippen molar-refractivity contribution in [2.45, 2.75) is 20.0 Å². The lowest BCUT2D eigenvalue weighted by Gasteiger charge is -2.13. The number of carbonyl (C=O) groups excluding carboxylic acids is 2. The molecule has 104 valence electrons. The summed E-state index contributed by atoms with van der Waals surface area (Å²) >= 11 is 7.04. The third-order valence-electron chi connectivity index (χ3n) is 2.74. The van der Waals surface area contributed by atoms with Crippen LogP contribution in [0.3, 0.4) is 0 Å². The molecule has 0 aliphatic heterocycles. The van der Waals surface area contributed by atoms with Crippen molar-refractivity contribution in [1.82, 2.24) is 0 Å². The normalized spacial score (nSPS) is 11.9. The molecule has 0 fully saturated rings. The Morgan fingerprint density at radius 3 is 2.60 bits per heavy atom. The van der Waals surface area contributed by atoms with E-state index < -0.39 is 6.10 Å². The van der Waals surface area contributed by atoms with Gasteiger partial charge in [-0.1, -0.05) is 23.7 Å². The molecule has 0 spiro atoms. The minimum absolute atomic E-state index is 0.0422. The lowest BCUT2D eigenvalue weighted by atomic mass is 10.1. The van der Waals surface area contributed by atoms with Gasteiger partial charge in [0.1, 0.15) is 5.75 Å². The van der Waals surface area contributed by atoms with E-state index in [0.717, 1.165) is 0 Å². The molecule has 5 heteroatoms. The number of hydrogen-bond donors (Lipinski definition) is 0. The fourth-order valence-corrected chi connectivity index (χ4v) is 2.75. The van der Waals surface area contributed by atoms with E-state index in [1.165, 1.54) is 18.3 Å². The second kappa shape index (κ2) is 6.20. The van der Waals surface area contributed by atoms with E-state index in [-0.39, 0.29) is 11.6 Å².